The van der Waals surface area contributed by atoms with Gasteiger partial charge in [-0.15, -0.1) is 0 Å². The van der Waals surface area contributed by atoms with E-state index in [0.29, 0.717) is 27.8 Å². The monoisotopic (exact) mass is 398 g/mol. The van der Waals surface area contributed by atoms with Gasteiger partial charge in [-0.2, -0.15) is 0 Å². The zero-order chi connectivity index (χ0) is 19.9. The zero-order valence-corrected chi connectivity index (χ0v) is 16.7. The molecule has 2 heterocycles. The maximum absolute atomic E-state index is 12.7. The van der Waals surface area contributed by atoms with E-state index in [9.17, 15) is 9.90 Å². The minimum absolute atomic E-state index is 0.0713. The standard InChI is InChI=1S/C21H23ClN4O2/c1-13-11-16-19(25-18(13)22)26(15-9-6-10-15)20(23-16)24-17(27)12-21(2,28)14-7-4-3-5-8-14/h3-5,7-8,11,15,28H,6,9-10,12H2,1-2H3,(H,23,24,27). The number of anilines is 1. The van der Waals surface area contributed by atoms with Gasteiger partial charge in [-0.25, -0.2) is 9.97 Å². The number of amides is 1. The van der Waals surface area contributed by atoms with E-state index in [2.05, 4.69) is 15.3 Å². The van der Waals surface area contributed by atoms with Crippen LogP contribution in [0.25, 0.3) is 11.2 Å². The maximum atomic E-state index is 12.7. The lowest BCUT2D eigenvalue weighted by molar-refractivity contribution is -0.120. The summed E-state index contributed by atoms with van der Waals surface area (Å²) in [6.45, 7) is 3.52. The number of aryl methyl sites for hydroxylation is 1. The van der Waals surface area contributed by atoms with E-state index in [0.717, 1.165) is 24.8 Å². The van der Waals surface area contributed by atoms with Crippen LogP contribution >= 0.6 is 11.6 Å². The van der Waals surface area contributed by atoms with E-state index < -0.39 is 5.60 Å². The van der Waals surface area contributed by atoms with Gasteiger partial charge < -0.3 is 5.11 Å². The first-order valence-electron chi connectivity index (χ1n) is 9.48. The fraction of sp³-hybridized carbons (Fsp3) is 0.381. The summed E-state index contributed by atoms with van der Waals surface area (Å²) >= 11 is 6.22. The average Bonchev–Trinajstić information content (AvgIpc) is 2.91. The summed E-state index contributed by atoms with van der Waals surface area (Å²) in [6.07, 6.45) is 3.10. The number of pyridine rings is 1. The highest BCUT2D eigenvalue weighted by molar-refractivity contribution is 6.30. The molecule has 1 saturated carbocycles. The number of benzene rings is 1. The van der Waals surface area contributed by atoms with Crippen molar-refractivity contribution in [2.75, 3.05) is 5.32 Å². The first-order valence-corrected chi connectivity index (χ1v) is 9.86. The molecule has 6 nitrogen and oxygen atoms in total. The van der Waals surface area contributed by atoms with Crippen LogP contribution in [0.2, 0.25) is 5.15 Å². The summed E-state index contributed by atoms with van der Waals surface area (Å²) in [5, 5.41) is 14.1. The first-order chi connectivity index (χ1) is 13.3. The molecule has 1 aliphatic carbocycles. The number of hydrogen-bond acceptors (Lipinski definition) is 4. The Morgan fingerprint density at radius 1 is 1.32 bits per heavy atom. The highest BCUT2D eigenvalue weighted by Crippen LogP contribution is 2.37. The van der Waals surface area contributed by atoms with Gasteiger partial charge in [0.05, 0.1) is 12.0 Å². The summed E-state index contributed by atoms with van der Waals surface area (Å²) in [5.74, 6) is 0.162. The maximum Gasteiger partial charge on any atom is 0.229 e. The van der Waals surface area contributed by atoms with Crippen LogP contribution in [0.1, 0.15) is 49.8 Å². The van der Waals surface area contributed by atoms with Crippen LogP contribution in [0.5, 0.6) is 0 Å². The Hall–Kier alpha value is -2.44. The van der Waals surface area contributed by atoms with Crippen LogP contribution in [0.4, 0.5) is 5.95 Å². The lowest BCUT2D eigenvalue weighted by Gasteiger charge is -2.29. The molecule has 28 heavy (non-hydrogen) atoms. The van der Waals surface area contributed by atoms with E-state index >= 15 is 0 Å². The number of nitrogens with zero attached hydrogens (tertiary/aromatic N) is 3. The van der Waals surface area contributed by atoms with Gasteiger partial charge in [0.1, 0.15) is 10.7 Å². The summed E-state index contributed by atoms with van der Waals surface area (Å²) in [6, 6.07) is 11.3. The lowest BCUT2D eigenvalue weighted by atomic mass is 9.92. The summed E-state index contributed by atoms with van der Waals surface area (Å²) in [5.41, 5.74) is 1.67. The minimum Gasteiger partial charge on any atom is -0.385 e. The van der Waals surface area contributed by atoms with Crippen LogP contribution in [0.3, 0.4) is 0 Å². The van der Waals surface area contributed by atoms with Crippen molar-refractivity contribution in [2.45, 2.75) is 51.2 Å². The van der Waals surface area contributed by atoms with Crippen LogP contribution in [-0.2, 0) is 10.4 Å². The van der Waals surface area contributed by atoms with Gasteiger partial charge >= 0.3 is 0 Å². The molecular formula is C21H23ClN4O2. The number of aromatic nitrogens is 3. The third-order valence-corrected chi connectivity index (χ3v) is 5.77. The predicted molar refractivity (Wildman–Crippen MR) is 109 cm³/mol. The second-order valence-corrected chi connectivity index (χ2v) is 8.05. The quantitative estimate of drug-likeness (QED) is 0.626. The van der Waals surface area contributed by atoms with Crippen molar-refractivity contribution in [2.24, 2.45) is 0 Å². The van der Waals surface area contributed by atoms with E-state index in [1.165, 1.54) is 0 Å². The van der Waals surface area contributed by atoms with Crippen molar-refractivity contribution in [3.63, 3.8) is 0 Å². The molecule has 1 unspecified atom stereocenters. The van der Waals surface area contributed by atoms with E-state index in [4.69, 9.17) is 11.6 Å². The second kappa shape index (κ2) is 7.18. The van der Waals surface area contributed by atoms with Gasteiger partial charge in [0, 0.05) is 6.04 Å². The Bertz CT molecular complexity index is 1030. The molecule has 1 aromatic carbocycles. The van der Waals surface area contributed by atoms with Crippen molar-refractivity contribution in [3.8, 4) is 0 Å². The van der Waals surface area contributed by atoms with Crippen LogP contribution < -0.4 is 5.32 Å². The van der Waals surface area contributed by atoms with E-state index in [1.54, 1.807) is 6.92 Å². The molecule has 0 radical (unpaired) electrons. The van der Waals surface area contributed by atoms with Gasteiger partial charge in [0.15, 0.2) is 5.65 Å². The zero-order valence-electron chi connectivity index (χ0n) is 15.9. The fourth-order valence-corrected chi connectivity index (χ4v) is 3.69. The first kappa shape index (κ1) is 18.9. The van der Waals surface area contributed by atoms with Gasteiger partial charge in [-0.05, 0) is 50.3 Å². The second-order valence-electron chi connectivity index (χ2n) is 7.69. The SMILES string of the molecule is Cc1cc2nc(NC(=O)CC(C)(O)c3ccccc3)n(C3CCC3)c2nc1Cl. The molecule has 0 bridgehead atoms. The van der Waals surface area contributed by atoms with Crippen molar-refractivity contribution >= 4 is 34.6 Å². The Balaban J connectivity index is 1.63. The van der Waals surface area contributed by atoms with Crippen molar-refractivity contribution in [3.05, 3.63) is 52.7 Å². The van der Waals surface area contributed by atoms with Gasteiger partial charge in [0.2, 0.25) is 11.9 Å². The molecule has 1 fully saturated rings. The number of rotatable bonds is 5. The number of halogens is 1. The molecule has 3 aromatic rings. The summed E-state index contributed by atoms with van der Waals surface area (Å²) in [4.78, 5) is 21.8. The Labute approximate surface area is 168 Å². The highest BCUT2D eigenvalue weighted by atomic mass is 35.5. The topological polar surface area (TPSA) is 80.0 Å². The number of imidazole rings is 1. The number of hydrogen-bond donors (Lipinski definition) is 2. The lowest BCUT2D eigenvalue weighted by Crippen LogP contribution is -2.30. The molecule has 2 aromatic heterocycles. The molecule has 4 rings (SSSR count). The largest absolute Gasteiger partial charge is 0.385 e. The molecule has 7 heteroatoms. The highest BCUT2D eigenvalue weighted by Gasteiger charge is 2.30. The predicted octanol–water partition coefficient (Wildman–Crippen LogP) is 4.35. The molecule has 1 amide bonds. The van der Waals surface area contributed by atoms with Gasteiger partial charge in [0.25, 0.3) is 0 Å². The smallest absolute Gasteiger partial charge is 0.229 e. The van der Waals surface area contributed by atoms with Crippen molar-refractivity contribution < 1.29 is 9.90 Å². The number of nitrogens with one attached hydrogen (secondary N) is 1. The van der Waals surface area contributed by atoms with Crippen molar-refractivity contribution in [1.29, 1.82) is 0 Å². The Morgan fingerprint density at radius 2 is 2.04 bits per heavy atom. The molecule has 0 aliphatic heterocycles. The Morgan fingerprint density at radius 3 is 2.68 bits per heavy atom. The molecule has 1 aliphatic rings. The van der Waals surface area contributed by atoms with Crippen LogP contribution in [0.15, 0.2) is 36.4 Å². The molecule has 0 saturated heterocycles. The summed E-state index contributed by atoms with van der Waals surface area (Å²) in [7, 11) is 0. The molecule has 0 spiro atoms. The number of carbonyl (C=O) groups is 1. The third-order valence-electron chi connectivity index (χ3n) is 5.39. The molecule has 2 N–H and O–H groups in total. The van der Waals surface area contributed by atoms with Crippen LogP contribution in [0, 0.1) is 6.92 Å². The van der Waals surface area contributed by atoms with Gasteiger partial charge in [-0.3, -0.25) is 14.7 Å². The molecule has 146 valence electrons. The number of carbonyl (C=O) groups excluding carboxylic acids is 1. The average molecular weight is 399 g/mol. The van der Waals surface area contributed by atoms with Gasteiger partial charge in [-0.1, -0.05) is 41.9 Å². The van der Waals surface area contributed by atoms with E-state index in [-0.39, 0.29) is 18.4 Å². The van der Waals surface area contributed by atoms with Crippen molar-refractivity contribution in [1.82, 2.24) is 14.5 Å². The fourth-order valence-electron chi connectivity index (χ4n) is 3.56. The number of aliphatic hydroxyl groups is 1. The molecular weight excluding hydrogens is 376 g/mol. The third kappa shape index (κ3) is 3.50. The summed E-state index contributed by atoms with van der Waals surface area (Å²) < 4.78 is 1.97. The minimum atomic E-state index is -1.27. The number of fused-ring (bicyclic) bond motifs is 1. The van der Waals surface area contributed by atoms with E-state index in [1.807, 2.05) is 47.9 Å². The van der Waals surface area contributed by atoms with Crippen LogP contribution in [-0.4, -0.2) is 25.5 Å². The normalized spacial score (nSPS) is 16.6. The Kier molecular flexibility index (Phi) is 4.85. The molecule has 1 atom stereocenters.